The van der Waals surface area contributed by atoms with Gasteiger partial charge in [0.15, 0.2) is 0 Å². The van der Waals surface area contributed by atoms with Crippen molar-refractivity contribution >= 4 is 17.5 Å². The zero-order valence-electron chi connectivity index (χ0n) is 11.2. The molecule has 19 heavy (non-hydrogen) atoms. The van der Waals surface area contributed by atoms with Crippen molar-refractivity contribution in [2.75, 3.05) is 17.7 Å². The van der Waals surface area contributed by atoms with Gasteiger partial charge in [0.1, 0.15) is 11.9 Å². The Morgan fingerprint density at radius 3 is 2.68 bits per heavy atom. The van der Waals surface area contributed by atoms with Crippen LogP contribution in [0.4, 0.5) is 17.5 Å². The lowest BCUT2D eigenvalue weighted by Gasteiger charge is -2.11. The Hall–Kier alpha value is -2.61. The molecule has 0 aliphatic rings. The molecule has 1 aromatic heterocycles. The number of hydrogen-bond acceptors (Lipinski definition) is 5. The molecule has 96 valence electrons. The second-order valence-corrected chi connectivity index (χ2v) is 4.21. The van der Waals surface area contributed by atoms with Gasteiger partial charge in [0.25, 0.3) is 0 Å². The Morgan fingerprint density at radius 1 is 1.21 bits per heavy atom. The number of hydrogen-bond donors (Lipinski definition) is 2. The molecule has 0 aliphatic heterocycles. The van der Waals surface area contributed by atoms with Crippen LogP contribution in [0.1, 0.15) is 16.7 Å². The minimum atomic E-state index is 0.541. The van der Waals surface area contributed by atoms with Crippen LogP contribution in [-0.4, -0.2) is 17.0 Å². The number of aryl methyl sites for hydroxylation is 2. The Labute approximate surface area is 112 Å². The zero-order valence-corrected chi connectivity index (χ0v) is 11.2. The van der Waals surface area contributed by atoms with Gasteiger partial charge in [0.05, 0.1) is 11.3 Å². The summed E-state index contributed by atoms with van der Waals surface area (Å²) in [6.07, 6.45) is 1.74. The first-order chi connectivity index (χ1) is 9.15. The van der Waals surface area contributed by atoms with E-state index in [1.807, 2.05) is 32.0 Å². The fourth-order valence-electron chi connectivity index (χ4n) is 1.74. The van der Waals surface area contributed by atoms with Crippen LogP contribution < -0.4 is 10.6 Å². The minimum Gasteiger partial charge on any atom is -0.357 e. The van der Waals surface area contributed by atoms with Crippen molar-refractivity contribution in [2.45, 2.75) is 13.8 Å². The molecule has 0 saturated carbocycles. The van der Waals surface area contributed by atoms with Gasteiger partial charge in [-0.3, -0.25) is 0 Å². The summed E-state index contributed by atoms with van der Waals surface area (Å²) in [5.74, 6) is 1.24. The number of aromatic nitrogens is 2. The summed E-state index contributed by atoms with van der Waals surface area (Å²) in [5.41, 5.74) is 3.25. The van der Waals surface area contributed by atoms with Gasteiger partial charge in [0.2, 0.25) is 5.95 Å². The van der Waals surface area contributed by atoms with Crippen molar-refractivity contribution in [3.05, 3.63) is 41.1 Å². The van der Waals surface area contributed by atoms with Gasteiger partial charge in [-0.25, -0.2) is 4.98 Å². The van der Waals surface area contributed by atoms with Crippen molar-refractivity contribution in [3.8, 4) is 6.07 Å². The lowest BCUT2D eigenvalue weighted by Crippen LogP contribution is -2.03. The summed E-state index contributed by atoms with van der Waals surface area (Å²) in [4.78, 5) is 8.48. The van der Waals surface area contributed by atoms with Gasteiger partial charge >= 0.3 is 0 Å². The predicted molar refractivity (Wildman–Crippen MR) is 75.5 cm³/mol. The van der Waals surface area contributed by atoms with Crippen molar-refractivity contribution in [2.24, 2.45) is 0 Å². The maximum Gasteiger partial charge on any atom is 0.224 e. The van der Waals surface area contributed by atoms with Crippen LogP contribution in [0.2, 0.25) is 0 Å². The van der Waals surface area contributed by atoms with E-state index in [-0.39, 0.29) is 0 Å². The largest absolute Gasteiger partial charge is 0.357 e. The molecule has 5 heteroatoms. The second kappa shape index (κ2) is 5.36. The molecule has 0 unspecified atom stereocenters. The molecule has 2 aromatic rings. The average molecular weight is 253 g/mol. The molecule has 2 rings (SSSR count). The van der Waals surface area contributed by atoms with Crippen molar-refractivity contribution in [1.29, 1.82) is 5.26 Å². The van der Waals surface area contributed by atoms with Crippen LogP contribution in [-0.2, 0) is 0 Å². The smallest absolute Gasteiger partial charge is 0.224 e. The first-order valence-corrected chi connectivity index (χ1v) is 5.94. The highest BCUT2D eigenvalue weighted by Crippen LogP contribution is 2.24. The molecule has 0 aliphatic carbocycles. The van der Waals surface area contributed by atoms with Crippen LogP contribution in [0.25, 0.3) is 0 Å². The summed E-state index contributed by atoms with van der Waals surface area (Å²) >= 11 is 0. The van der Waals surface area contributed by atoms with Crippen LogP contribution in [0.5, 0.6) is 0 Å². The van der Waals surface area contributed by atoms with Gasteiger partial charge in [-0.05, 0) is 25.5 Å². The summed E-state index contributed by atoms with van der Waals surface area (Å²) in [5, 5.41) is 15.3. The van der Waals surface area contributed by atoms with Gasteiger partial charge in [-0.2, -0.15) is 10.2 Å². The highest BCUT2D eigenvalue weighted by Gasteiger charge is 2.08. The number of nitriles is 1. The highest BCUT2D eigenvalue weighted by molar-refractivity contribution is 5.68. The zero-order chi connectivity index (χ0) is 13.8. The number of benzene rings is 1. The van der Waals surface area contributed by atoms with Gasteiger partial charge in [-0.1, -0.05) is 12.1 Å². The van der Waals surface area contributed by atoms with E-state index < -0.39 is 0 Å². The van der Waals surface area contributed by atoms with E-state index in [0.717, 1.165) is 16.8 Å². The van der Waals surface area contributed by atoms with Gasteiger partial charge < -0.3 is 10.6 Å². The number of rotatable bonds is 3. The minimum absolute atomic E-state index is 0.541. The topological polar surface area (TPSA) is 73.6 Å². The predicted octanol–water partition coefficient (Wildman–Crippen LogP) is 2.75. The van der Waals surface area contributed by atoms with Crippen LogP contribution in [0, 0.1) is 25.2 Å². The molecule has 0 radical (unpaired) electrons. The van der Waals surface area contributed by atoms with Crippen molar-refractivity contribution < 1.29 is 0 Å². The lowest BCUT2D eigenvalue weighted by molar-refractivity contribution is 1.12. The monoisotopic (exact) mass is 253 g/mol. The van der Waals surface area contributed by atoms with Crippen LogP contribution in [0.15, 0.2) is 24.4 Å². The molecule has 2 N–H and O–H groups in total. The first-order valence-electron chi connectivity index (χ1n) is 5.94. The van der Waals surface area contributed by atoms with E-state index in [1.54, 1.807) is 13.2 Å². The standard InChI is InChI=1S/C14H15N5/c1-9-5-4-6-12(11(9)7-15)18-13-10(2)8-17-14(16-3)19-13/h4-6,8H,1-3H3,(H2,16,17,18,19). The average Bonchev–Trinajstić information content (AvgIpc) is 2.41. The van der Waals surface area contributed by atoms with E-state index in [1.165, 1.54) is 0 Å². The van der Waals surface area contributed by atoms with Gasteiger partial charge in [0, 0.05) is 18.8 Å². The molecule has 1 aromatic carbocycles. The summed E-state index contributed by atoms with van der Waals surface area (Å²) in [6, 6.07) is 7.90. The third-order valence-electron chi connectivity index (χ3n) is 2.83. The SMILES string of the molecule is CNc1ncc(C)c(Nc2cccc(C)c2C#N)n1. The van der Waals surface area contributed by atoms with Crippen LogP contribution in [0.3, 0.4) is 0 Å². The van der Waals surface area contributed by atoms with Gasteiger partial charge in [-0.15, -0.1) is 0 Å². The quantitative estimate of drug-likeness (QED) is 0.879. The Bertz CT molecular complexity index is 643. The molecule has 0 amide bonds. The maximum absolute atomic E-state index is 9.21. The van der Waals surface area contributed by atoms with Crippen LogP contribution >= 0.6 is 0 Å². The summed E-state index contributed by atoms with van der Waals surface area (Å²) < 4.78 is 0. The first kappa shape index (κ1) is 12.8. The third-order valence-corrected chi connectivity index (χ3v) is 2.83. The molecule has 0 bridgehead atoms. The Kier molecular flexibility index (Phi) is 3.62. The van der Waals surface area contributed by atoms with E-state index in [9.17, 15) is 5.26 Å². The number of nitrogens with one attached hydrogen (secondary N) is 2. The molecule has 0 atom stereocenters. The van der Waals surface area contributed by atoms with E-state index >= 15 is 0 Å². The summed E-state index contributed by atoms with van der Waals surface area (Å²) in [7, 11) is 1.77. The third kappa shape index (κ3) is 2.63. The van der Waals surface area contributed by atoms with E-state index in [2.05, 4.69) is 26.7 Å². The second-order valence-electron chi connectivity index (χ2n) is 4.21. The van der Waals surface area contributed by atoms with Crippen molar-refractivity contribution in [3.63, 3.8) is 0 Å². The normalized spacial score (nSPS) is 9.79. The summed E-state index contributed by atoms with van der Waals surface area (Å²) in [6.45, 7) is 3.83. The maximum atomic E-state index is 9.21. The van der Waals surface area contributed by atoms with E-state index in [0.29, 0.717) is 17.3 Å². The molecular formula is C14H15N5. The van der Waals surface area contributed by atoms with Crippen molar-refractivity contribution in [1.82, 2.24) is 9.97 Å². The molecule has 0 saturated heterocycles. The molecular weight excluding hydrogens is 238 g/mol. The lowest BCUT2D eigenvalue weighted by atomic mass is 10.1. The highest BCUT2D eigenvalue weighted by atomic mass is 15.1. The molecule has 5 nitrogen and oxygen atoms in total. The number of anilines is 3. The fourth-order valence-corrected chi connectivity index (χ4v) is 1.74. The molecule has 0 spiro atoms. The Balaban J connectivity index is 2.42. The Morgan fingerprint density at radius 2 is 2.00 bits per heavy atom. The molecule has 1 heterocycles. The van der Waals surface area contributed by atoms with E-state index in [4.69, 9.17) is 0 Å². The fraction of sp³-hybridized carbons (Fsp3) is 0.214. The number of nitrogens with zero attached hydrogens (tertiary/aromatic N) is 3. The molecule has 0 fully saturated rings.